The number of rotatable bonds is 4. The summed E-state index contributed by atoms with van der Waals surface area (Å²) in [5.74, 6) is -0.740. The number of nitrogens with one attached hydrogen (secondary N) is 1. The first-order valence-electron chi connectivity index (χ1n) is 8.86. The predicted molar refractivity (Wildman–Crippen MR) is 105 cm³/mol. The van der Waals surface area contributed by atoms with Gasteiger partial charge >= 0.3 is 0 Å². The Morgan fingerprint density at radius 3 is 2.66 bits per heavy atom. The van der Waals surface area contributed by atoms with Crippen LogP contribution in [-0.2, 0) is 11.3 Å². The second-order valence-electron chi connectivity index (χ2n) is 6.69. The number of hydrogen-bond donors (Lipinski definition) is 1. The summed E-state index contributed by atoms with van der Waals surface area (Å²) >= 11 is 0. The Bertz CT molecular complexity index is 1280. The molecule has 2 aromatic heterocycles. The Labute approximate surface area is 164 Å². The Morgan fingerprint density at radius 2 is 1.90 bits per heavy atom. The van der Waals surface area contributed by atoms with Crippen molar-refractivity contribution < 1.29 is 9.18 Å². The van der Waals surface area contributed by atoms with Crippen LogP contribution in [0.3, 0.4) is 0 Å². The summed E-state index contributed by atoms with van der Waals surface area (Å²) in [4.78, 5) is 29.3. The number of aryl methyl sites for hydroxylation is 2. The van der Waals surface area contributed by atoms with Crippen LogP contribution in [-0.4, -0.2) is 30.5 Å². The van der Waals surface area contributed by atoms with Crippen LogP contribution in [0.15, 0.2) is 53.6 Å². The summed E-state index contributed by atoms with van der Waals surface area (Å²) in [6.07, 6.45) is 1.27. The molecule has 0 bridgehead atoms. The average molecular weight is 392 g/mol. The molecule has 0 saturated carbocycles. The number of amides is 1. The van der Waals surface area contributed by atoms with Gasteiger partial charge < -0.3 is 5.32 Å². The van der Waals surface area contributed by atoms with E-state index in [2.05, 4.69) is 20.6 Å². The summed E-state index contributed by atoms with van der Waals surface area (Å²) in [5.41, 5.74) is 2.92. The minimum Gasteiger partial charge on any atom is -0.324 e. The van der Waals surface area contributed by atoms with Crippen molar-refractivity contribution in [3.8, 4) is 5.69 Å². The second kappa shape index (κ2) is 7.27. The lowest BCUT2D eigenvalue weighted by Crippen LogP contribution is -2.28. The highest BCUT2D eigenvalue weighted by Crippen LogP contribution is 2.16. The van der Waals surface area contributed by atoms with Crippen molar-refractivity contribution in [3.05, 3.63) is 76.1 Å². The fourth-order valence-corrected chi connectivity index (χ4v) is 2.93. The molecule has 8 nitrogen and oxygen atoms in total. The summed E-state index contributed by atoms with van der Waals surface area (Å²) < 4.78 is 15.6. The molecule has 0 unspecified atom stereocenters. The molecule has 0 radical (unpaired) electrons. The molecule has 1 amide bonds. The monoisotopic (exact) mass is 392 g/mol. The van der Waals surface area contributed by atoms with Gasteiger partial charge in [-0.3, -0.25) is 14.2 Å². The quantitative estimate of drug-likeness (QED) is 0.575. The van der Waals surface area contributed by atoms with Crippen LogP contribution >= 0.6 is 0 Å². The first kappa shape index (κ1) is 18.5. The number of anilines is 1. The van der Waals surface area contributed by atoms with Crippen molar-refractivity contribution in [3.63, 3.8) is 0 Å². The number of halogens is 1. The lowest BCUT2D eigenvalue weighted by molar-refractivity contribution is -0.116. The molecule has 146 valence electrons. The van der Waals surface area contributed by atoms with E-state index in [4.69, 9.17) is 0 Å². The highest BCUT2D eigenvalue weighted by atomic mass is 19.1. The van der Waals surface area contributed by atoms with Gasteiger partial charge in [0.2, 0.25) is 5.91 Å². The Hall–Kier alpha value is -3.88. The summed E-state index contributed by atoms with van der Waals surface area (Å²) in [6, 6.07) is 11.3. The molecular weight excluding hydrogens is 375 g/mol. The number of nitrogens with zero attached hydrogens (tertiary/aromatic N) is 5. The van der Waals surface area contributed by atoms with E-state index in [9.17, 15) is 14.0 Å². The molecule has 2 heterocycles. The maximum atomic E-state index is 13.1. The average Bonchev–Trinajstić information content (AvgIpc) is 3.12. The van der Waals surface area contributed by atoms with Gasteiger partial charge in [-0.2, -0.15) is 4.68 Å². The van der Waals surface area contributed by atoms with Gasteiger partial charge in [-0.15, -0.1) is 5.10 Å². The standard InChI is InChI=1S/C20H17FN6O2/c1-12-3-4-13(2)16(9-12)23-17(28)10-26-11-22-19-18(20(26)29)24-25-27(19)15-7-5-14(21)6-8-15/h3-9,11H,10H2,1-2H3,(H,23,28). The summed E-state index contributed by atoms with van der Waals surface area (Å²) in [6.45, 7) is 3.61. The topological polar surface area (TPSA) is 94.7 Å². The number of carbonyl (C=O) groups excluding carboxylic acids is 1. The normalized spacial score (nSPS) is 11.0. The lowest BCUT2D eigenvalue weighted by Gasteiger charge is -2.10. The molecule has 0 saturated heterocycles. The van der Waals surface area contributed by atoms with Crippen molar-refractivity contribution in [1.29, 1.82) is 0 Å². The number of hydrogen-bond acceptors (Lipinski definition) is 5. The SMILES string of the molecule is Cc1ccc(C)c(NC(=O)Cn2cnc3c(nnn3-c3ccc(F)cc3)c2=O)c1. The zero-order chi connectivity index (χ0) is 20.5. The molecule has 4 rings (SSSR count). The Balaban J connectivity index is 1.61. The number of aromatic nitrogens is 5. The van der Waals surface area contributed by atoms with E-state index in [0.717, 1.165) is 11.1 Å². The van der Waals surface area contributed by atoms with Gasteiger partial charge in [0.25, 0.3) is 5.56 Å². The van der Waals surface area contributed by atoms with Crippen LogP contribution in [0.1, 0.15) is 11.1 Å². The van der Waals surface area contributed by atoms with E-state index < -0.39 is 5.56 Å². The third-order valence-corrected chi connectivity index (χ3v) is 4.48. The van der Waals surface area contributed by atoms with Crippen LogP contribution in [0.25, 0.3) is 16.9 Å². The molecule has 2 aromatic carbocycles. The molecule has 0 atom stereocenters. The molecule has 29 heavy (non-hydrogen) atoms. The molecule has 0 spiro atoms. The Morgan fingerprint density at radius 1 is 1.14 bits per heavy atom. The van der Waals surface area contributed by atoms with Gasteiger partial charge in [-0.05, 0) is 55.3 Å². The van der Waals surface area contributed by atoms with Crippen LogP contribution < -0.4 is 10.9 Å². The van der Waals surface area contributed by atoms with E-state index in [0.29, 0.717) is 11.4 Å². The first-order chi connectivity index (χ1) is 13.9. The molecule has 0 aliphatic rings. The van der Waals surface area contributed by atoms with E-state index in [1.54, 1.807) is 0 Å². The lowest BCUT2D eigenvalue weighted by atomic mass is 10.1. The molecule has 0 aliphatic heterocycles. The fraction of sp³-hybridized carbons (Fsp3) is 0.150. The van der Waals surface area contributed by atoms with Crippen LogP contribution in [0.4, 0.5) is 10.1 Å². The molecule has 0 fully saturated rings. The zero-order valence-electron chi connectivity index (χ0n) is 15.8. The molecule has 9 heteroatoms. The molecule has 0 aliphatic carbocycles. The molecule has 1 N–H and O–H groups in total. The fourth-order valence-electron chi connectivity index (χ4n) is 2.93. The maximum Gasteiger partial charge on any atom is 0.284 e. The van der Waals surface area contributed by atoms with Gasteiger partial charge in [0.1, 0.15) is 18.7 Å². The van der Waals surface area contributed by atoms with Crippen molar-refractivity contribution in [2.45, 2.75) is 20.4 Å². The maximum absolute atomic E-state index is 13.1. The van der Waals surface area contributed by atoms with E-state index >= 15 is 0 Å². The molecule has 4 aromatic rings. The Kier molecular flexibility index (Phi) is 4.63. The molecular formula is C20H17FN6O2. The van der Waals surface area contributed by atoms with Crippen molar-refractivity contribution in [1.82, 2.24) is 24.5 Å². The van der Waals surface area contributed by atoms with Crippen LogP contribution in [0.2, 0.25) is 0 Å². The van der Waals surface area contributed by atoms with Crippen molar-refractivity contribution in [2.75, 3.05) is 5.32 Å². The predicted octanol–water partition coefficient (Wildman–Crippen LogP) is 2.37. The number of benzene rings is 2. The smallest absolute Gasteiger partial charge is 0.284 e. The van der Waals surface area contributed by atoms with Gasteiger partial charge in [0.15, 0.2) is 11.2 Å². The van der Waals surface area contributed by atoms with Crippen LogP contribution in [0, 0.1) is 19.7 Å². The zero-order valence-corrected chi connectivity index (χ0v) is 15.8. The summed E-state index contributed by atoms with van der Waals surface area (Å²) in [5, 5.41) is 10.6. The van der Waals surface area contributed by atoms with E-state index in [1.165, 1.54) is 39.8 Å². The number of fused-ring (bicyclic) bond motifs is 1. The largest absolute Gasteiger partial charge is 0.324 e. The van der Waals surface area contributed by atoms with Gasteiger partial charge in [0.05, 0.1) is 5.69 Å². The second-order valence-corrected chi connectivity index (χ2v) is 6.69. The van der Waals surface area contributed by atoms with Crippen molar-refractivity contribution >= 4 is 22.8 Å². The van der Waals surface area contributed by atoms with Gasteiger partial charge in [-0.1, -0.05) is 17.3 Å². The van der Waals surface area contributed by atoms with Crippen molar-refractivity contribution in [2.24, 2.45) is 0 Å². The highest BCUT2D eigenvalue weighted by molar-refractivity contribution is 5.91. The first-order valence-corrected chi connectivity index (χ1v) is 8.86. The minimum atomic E-state index is -0.487. The van der Waals surface area contributed by atoms with E-state index in [-0.39, 0.29) is 29.4 Å². The van der Waals surface area contributed by atoms with Crippen LogP contribution in [0.5, 0.6) is 0 Å². The van der Waals surface area contributed by atoms with Gasteiger partial charge in [-0.25, -0.2) is 9.37 Å². The van der Waals surface area contributed by atoms with E-state index in [1.807, 2.05) is 32.0 Å². The third kappa shape index (κ3) is 3.62. The summed E-state index contributed by atoms with van der Waals surface area (Å²) in [7, 11) is 0. The highest BCUT2D eigenvalue weighted by Gasteiger charge is 2.15. The third-order valence-electron chi connectivity index (χ3n) is 4.48. The number of carbonyl (C=O) groups is 1. The minimum absolute atomic E-state index is 0.0244. The van der Waals surface area contributed by atoms with Gasteiger partial charge in [0, 0.05) is 5.69 Å².